The van der Waals surface area contributed by atoms with Crippen molar-refractivity contribution in [3.63, 3.8) is 0 Å². The quantitative estimate of drug-likeness (QED) is 0.618. The summed E-state index contributed by atoms with van der Waals surface area (Å²) in [5, 5.41) is 16.3. The summed E-state index contributed by atoms with van der Waals surface area (Å²) in [4.78, 5) is 11.9. The molecule has 3 N–H and O–H groups in total. The summed E-state index contributed by atoms with van der Waals surface area (Å²) >= 11 is 0. The first-order valence-electron chi connectivity index (χ1n) is 9.33. The fourth-order valence-electron chi connectivity index (χ4n) is 2.69. The molecule has 1 atom stereocenters. The molecule has 1 amide bonds. The number of aliphatic hydroxyl groups excluding tert-OH is 1. The van der Waals surface area contributed by atoms with E-state index >= 15 is 0 Å². The summed E-state index contributed by atoms with van der Waals surface area (Å²) < 4.78 is 11.0. The zero-order valence-corrected chi connectivity index (χ0v) is 17.0. The van der Waals surface area contributed by atoms with E-state index < -0.39 is 6.10 Å². The van der Waals surface area contributed by atoms with Gasteiger partial charge in [0.05, 0.1) is 13.2 Å². The second-order valence-corrected chi connectivity index (χ2v) is 7.63. The zero-order chi connectivity index (χ0) is 20.6. The van der Waals surface area contributed by atoms with Gasteiger partial charge in [0, 0.05) is 18.6 Å². The molecule has 0 aromatic heterocycles. The van der Waals surface area contributed by atoms with Crippen LogP contribution in [0.2, 0.25) is 0 Å². The van der Waals surface area contributed by atoms with E-state index in [-0.39, 0.29) is 18.1 Å². The van der Waals surface area contributed by atoms with Gasteiger partial charge in [0.15, 0.2) is 18.1 Å². The van der Waals surface area contributed by atoms with Gasteiger partial charge < -0.3 is 25.2 Å². The third-order valence-corrected chi connectivity index (χ3v) is 3.95. The van der Waals surface area contributed by atoms with Gasteiger partial charge in [-0.1, -0.05) is 36.4 Å². The van der Waals surface area contributed by atoms with Crippen LogP contribution in [0.15, 0.2) is 48.5 Å². The number of rotatable bonds is 9. The Morgan fingerprint density at radius 3 is 2.46 bits per heavy atom. The average Bonchev–Trinajstić information content (AvgIpc) is 2.66. The first-order valence-corrected chi connectivity index (χ1v) is 9.33. The lowest BCUT2D eigenvalue weighted by molar-refractivity contribution is -0.124. The topological polar surface area (TPSA) is 79.8 Å². The molecule has 6 heteroatoms. The number of amides is 1. The van der Waals surface area contributed by atoms with E-state index in [4.69, 9.17) is 9.47 Å². The number of hydrogen-bond donors (Lipinski definition) is 3. The largest absolute Gasteiger partial charge is 0.493 e. The van der Waals surface area contributed by atoms with E-state index in [1.807, 2.05) is 63.2 Å². The molecule has 2 aromatic carbocycles. The van der Waals surface area contributed by atoms with Gasteiger partial charge in [0.1, 0.15) is 0 Å². The van der Waals surface area contributed by atoms with Crippen LogP contribution in [-0.2, 0) is 11.3 Å². The molecular weight excluding hydrogens is 356 g/mol. The van der Waals surface area contributed by atoms with Crippen molar-refractivity contribution in [2.24, 2.45) is 0 Å². The van der Waals surface area contributed by atoms with Crippen LogP contribution >= 0.6 is 0 Å². The molecule has 0 radical (unpaired) electrons. The lowest BCUT2D eigenvalue weighted by Crippen LogP contribution is -2.43. The Labute approximate surface area is 166 Å². The molecule has 152 valence electrons. The van der Waals surface area contributed by atoms with Crippen molar-refractivity contribution in [2.45, 2.75) is 39.0 Å². The summed E-state index contributed by atoms with van der Waals surface area (Å²) in [6, 6.07) is 15.1. The van der Waals surface area contributed by atoms with Crippen LogP contribution in [0.3, 0.4) is 0 Å². The zero-order valence-electron chi connectivity index (χ0n) is 17.0. The van der Waals surface area contributed by atoms with Crippen LogP contribution < -0.4 is 20.1 Å². The van der Waals surface area contributed by atoms with Gasteiger partial charge in [-0.3, -0.25) is 4.79 Å². The molecule has 2 aromatic rings. The fraction of sp³-hybridized carbons (Fsp3) is 0.409. The molecule has 0 heterocycles. The van der Waals surface area contributed by atoms with Crippen molar-refractivity contribution in [1.82, 2.24) is 10.6 Å². The summed E-state index contributed by atoms with van der Waals surface area (Å²) in [6.07, 6.45) is -0.563. The highest BCUT2D eigenvalue weighted by molar-refractivity contribution is 5.78. The Morgan fingerprint density at radius 1 is 1.11 bits per heavy atom. The molecule has 0 fully saturated rings. The van der Waals surface area contributed by atoms with E-state index in [0.717, 1.165) is 11.1 Å². The van der Waals surface area contributed by atoms with Crippen LogP contribution in [0.5, 0.6) is 11.5 Å². The third kappa shape index (κ3) is 7.21. The van der Waals surface area contributed by atoms with Crippen molar-refractivity contribution in [1.29, 1.82) is 0 Å². The van der Waals surface area contributed by atoms with Crippen molar-refractivity contribution in [3.05, 3.63) is 59.7 Å². The minimum absolute atomic E-state index is 0.0749. The fourth-order valence-corrected chi connectivity index (χ4v) is 2.69. The van der Waals surface area contributed by atoms with Gasteiger partial charge in [-0.05, 0) is 44.0 Å². The lowest BCUT2D eigenvalue weighted by atomic mass is 10.1. The number of benzene rings is 2. The number of carbonyl (C=O) groups is 1. The Kier molecular flexibility index (Phi) is 7.84. The number of aliphatic hydroxyl groups is 1. The van der Waals surface area contributed by atoms with E-state index in [1.54, 1.807) is 13.2 Å². The molecule has 0 aliphatic rings. The number of nitrogens with one attached hydrogen (secondary N) is 2. The number of carbonyl (C=O) groups excluding carboxylic acids is 1. The molecule has 6 nitrogen and oxygen atoms in total. The molecular formula is C22H30N2O4. The highest BCUT2D eigenvalue weighted by Gasteiger charge is 2.15. The lowest BCUT2D eigenvalue weighted by Gasteiger charge is -2.20. The van der Waals surface area contributed by atoms with Gasteiger partial charge in [0.2, 0.25) is 0 Å². The minimum Gasteiger partial charge on any atom is -0.493 e. The predicted molar refractivity (Wildman–Crippen MR) is 109 cm³/mol. The molecule has 28 heavy (non-hydrogen) atoms. The van der Waals surface area contributed by atoms with Gasteiger partial charge in [-0.15, -0.1) is 0 Å². The highest BCUT2D eigenvalue weighted by atomic mass is 16.5. The Morgan fingerprint density at radius 2 is 1.82 bits per heavy atom. The predicted octanol–water partition coefficient (Wildman–Crippen LogP) is 2.81. The summed E-state index contributed by atoms with van der Waals surface area (Å²) in [5.74, 6) is 0.890. The molecule has 0 saturated carbocycles. The normalized spacial score (nSPS) is 12.3. The minimum atomic E-state index is -0.563. The Balaban J connectivity index is 1.87. The Bertz CT molecular complexity index is 757. The summed E-state index contributed by atoms with van der Waals surface area (Å²) in [7, 11) is 1.56. The molecule has 0 unspecified atom stereocenters. The second-order valence-electron chi connectivity index (χ2n) is 7.63. The first kappa shape index (κ1) is 21.7. The van der Waals surface area contributed by atoms with Gasteiger partial charge in [0.25, 0.3) is 5.91 Å². The SMILES string of the molecule is COc1cc(CNC[C@H](O)c2ccccc2)ccc1OCC(=O)NC(C)(C)C. The van der Waals surface area contributed by atoms with E-state index in [0.29, 0.717) is 24.6 Å². The van der Waals surface area contributed by atoms with Crippen LogP contribution in [0.1, 0.15) is 38.0 Å². The number of hydrogen-bond acceptors (Lipinski definition) is 5. The van der Waals surface area contributed by atoms with Crippen molar-refractivity contribution < 1.29 is 19.4 Å². The molecule has 2 rings (SSSR count). The van der Waals surface area contributed by atoms with Crippen molar-refractivity contribution in [2.75, 3.05) is 20.3 Å². The standard InChI is InChI=1S/C22H30N2O4/c1-22(2,3)24-21(26)15-28-19-11-10-16(12-20(19)27-4)13-23-14-18(25)17-8-6-5-7-9-17/h5-12,18,23,25H,13-15H2,1-4H3,(H,24,26)/t18-/m0/s1. The smallest absolute Gasteiger partial charge is 0.258 e. The Hall–Kier alpha value is -2.57. The van der Waals surface area contributed by atoms with E-state index in [1.165, 1.54) is 0 Å². The monoisotopic (exact) mass is 386 g/mol. The van der Waals surface area contributed by atoms with Gasteiger partial charge in [-0.2, -0.15) is 0 Å². The molecule has 0 bridgehead atoms. The summed E-state index contributed by atoms with van der Waals surface area (Å²) in [5.41, 5.74) is 1.57. The van der Waals surface area contributed by atoms with Crippen LogP contribution in [0.25, 0.3) is 0 Å². The van der Waals surface area contributed by atoms with Crippen molar-refractivity contribution in [3.8, 4) is 11.5 Å². The molecule has 0 spiro atoms. The van der Waals surface area contributed by atoms with E-state index in [2.05, 4.69) is 10.6 Å². The molecule has 0 saturated heterocycles. The second kappa shape index (κ2) is 10.1. The van der Waals surface area contributed by atoms with Crippen molar-refractivity contribution >= 4 is 5.91 Å². The van der Waals surface area contributed by atoms with Crippen LogP contribution in [0, 0.1) is 0 Å². The van der Waals surface area contributed by atoms with E-state index in [9.17, 15) is 9.90 Å². The maximum Gasteiger partial charge on any atom is 0.258 e. The summed E-state index contributed by atoms with van der Waals surface area (Å²) in [6.45, 7) is 6.70. The number of ether oxygens (including phenoxy) is 2. The van der Waals surface area contributed by atoms with Crippen LogP contribution in [-0.4, -0.2) is 36.8 Å². The van der Waals surface area contributed by atoms with Gasteiger partial charge >= 0.3 is 0 Å². The van der Waals surface area contributed by atoms with Crippen LogP contribution in [0.4, 0.5) is 0 Å². The molecule has 0 aliphatic heterocycles. The molecule has 0 aliphatic carbocycles. The number of methoxy groups -OCH3 is 1. The average molecular weight is 386 g/mol. The third-order valence-electron chi connectivity index (χ3n) is 3.95. The first-order chi connectivity index (χ1) is 13.3. The maximum atomic E-state index is 11.9. The maximum absolute atomic E-state index is 11.9. The van der Waals surface area contributed by atoms with Gasteiger partial charge in [-0.25, -0.2) is 0 Å². The highest BCUT2D eigenvalue weighted by Crippen LogP contribution is 2.28.